The number of halogens is 1. The monoisotopic (exact) mass is 224 g/mol. The van der Waals surface area contributed by atoms with E-state index in [4.69, 9.17) is 0 Å². The lowest BCUT2D eigenvalue weighted by molar-refractivity contribution is -0.112. The van der Waals surface area contributed by atoms with Crippen LogP contribution in [0.15, 0.2) is 36.4 Å². The van der Waals surface area contributed by atoms with Crippen molar-refractivity contribution < 1.29 is 4.79 Å². The molecule has 0 N–H and O–H groups in total. The number of alkyl halides is 1. The summed E-state index contributed by atoms with van der Waals surface area (Å²) < 4.78 is 0. The molecule has 2 heteroatoms. The Labute approximate surface area is 80.2 Å². The van der Waals surface area contributed by atoms with Crippen LogP contribution < -0.4 is 0 Å². The largest absolute Gasteiger partial charge is 0.294 e. The van der Waals surface area contributed by atoms with Crippen molar-refractivity contribution >= 4 is 27.8 Å². The lowest BCUT2D eigenvalue weighted by Crippen LogP contribution is -1.90. The van der Waals surface area contributed by atoms with Crippen LogP contribution in [0.3, 0.4) is 0 Å². The van der Waals surface area contributed by atoms with Crippen LogP contribution in [0.1, 0.15) is 5.56 Å². The van der Waals surface area contributed by atoms with Crippen LogP contribution in [-0.4, -0.2) is 11.1 Å². The molecule has 0 bridgehead atoms. The first-order valence-corrected chi connectivity index (χ1v) is 4.77. The number of hydrogen-bond donors (Lipinski definition) is 0. The van der Waals surface area contributed by atoms with Crippen LogP contribution in [0, 0.1) is 0 Å². The van der Waals surface area contributed by atoms with E-state index >= 15 is 0 Å². The molecule has 0 amide bonds. The molecular formula is C10H9BrO. The molecule has 0 saturated heterocycles. The Hall–Kier alpha value is -0.890. The quantitative estimate of drug-likeness (QED) is 0.570. The smallest absolute Gasteiger partial charge is 0.166 e. The standard InChI is InChI=1S/C10H9BrO/c11-8-10(12)7-6-9-4-2-1-3-5-9/h1-7H,8H2/b7-6+. The van der Waals surface area contributed by atoms with Crippen LogP contribution in [0.2, 0.25) is 0 Å². The van der Waals surface area contributed by atoms with Gasteiger partial charge >= 0.3 is 0 Å². The minimum atomic E-state index is 0.0823. The highest BCUT2D eigenvalue weighted by molar-refractivity contribution is 9.09. The summed E-state index contributed by atoms with van der Waals surface area (Å²) in [6.45, 7) is 0. The molecule has 1 aromatic carbocycles. The third-order valence-corrected chi connectivity index (χ3v) is 1.95. The van der Waals surface area contributed by atoms with E-state index in [2.05, 4.69) is 15.9 Å². The zero-order valence-corrected chi connectivity index (χ0v) is 8.12. The van der Waals surface area contributed by atoms with Crippen molar-refractivity contribution in [2.75, 3.05) is 5.33 Å². The van der Waals surface area contributed by atoms with Crippen molar-refractivity contribution in [2.45, 2.75) is 0 Å². The molecule has 0 aliphatic rings. The first-order valence-electron chi connectivity index (χ1n) is 3.65. The second-order valence-corrected chi connectivity index (χ2v) is 2.90. The lowest BCUT2D eigenvalue weighted by atomic mass is 10.2. The van der Waals surface area contributed by atoms with Crippen molar-refractivity contribution in [2.24, 2.45) is 0 Å². The van der Waals surface area contributed by atoms with Gasteiger partial charge in [0.25, 0.3) is 0 Å². The highest BCUT2D eigenvalue weighted by Gasteiger charge is 1.90. The first kappa shape index (κ1) is 9.20. The van der Waals surface area contributed by atoms with E-state index in [1.54, 1.807) is 6.08 Å². The summed E-state index contributed by atoms with van der Waals surface area (Å²) in [6, 6.07) is 9.75. The maximum atomic E-state index is 10.9. The predicted molar refractivity (Wildman–Crippen MR) is 54.3 cm³/mol. The Morgan fingerprint density at radius 2 is 2.00 bits per heavy atom. The van der Waals surface area contributed by atoms with Crippen molar-refractivity contribution in [3.8, 4) is 0 Å². The predicted octanol–water partition coefficient (Wildman–Crippen LogP) is 2.66. The number of hydrogen-bond acceptors (Lipinski definition) is 1. The number of ketones is 1. The van der Waals surface area contributed by atoms with Crippen LogP contribution in [-0.2, 0) is 4.79 Å². The van der Waals surface area contributed by atoms with E-state index < -0.39 is 0 Å². The zero-order valence-electron chi connectivity index (χ0n) is 6.53. The van der Waals surface area contributed by atoms with E-state index in [1.807, 2.05) is 36.4 Å². The van der Waals surface area contributed by atoms with Gasteiger partial charge in [-0.15, -0.1) is 0 Å². The third-order valence-electron chi connectivity index (χ3n) is 1.39. The highest BCUT2D eigenvalue weighted by atomic mass is 79.9. The Morgan fingerprint density at radius 3 is 2.58 bits per heavy atom. The molecule has 0 radical (unpaired) electrons. The minimum Gasteiger partial charge on any atom is -0.294 e. The third kappa shape index (κ3) is 3.01. The molecule has 0 atom stereocenters. The van der Waals surface area contributed by atoms with Crippen molar-refractivity contribution in [3.05, 3.63) is 42.0 Å². The van der Waals surface area contributed by atoms with E-state index in [-0.39, 0.29) is 5.78 Å². The molecule has 0 fully saturated rings. The molecule has 1 rings (SSSR count). The first-order chi connectivity index (χ1) is 5.83. The fourth-order valence-corrected chi connectivity index (χ4v) is 0.985. The van der Waals surface area contributed by atoms with Crippen LogP contribution in [0.4, 0.5) is 0 Å². The molecule has 1 aromatic rings. The van der Waals surface area contributed by atoms with Crippen LogP contribution >= 0.6 is 15.9 Å². The molecular weight excluding hydrogens is 216 g/mol. The summed E-state index contributed by atoms with van der Waals surface area (Å²) in [4.78, 5) is 10.9. The molecule has 0 saturated carbocycles. The average molecular weight is 225 g/mol. The molecule has 0 aliphatic heterocycles. The van der Waals surface area contributed by atoms with E-state index in [0.29, 0.717) is 5.33 Å². The van der Waals surface area contributed by atoms with Gasteiger partial charge in [-0.1, -0.05) is 52.3 Å². The van der Waals surface area contributed by atoms with Gasteiger partial charge in [0.1, 0.15) is 0 Å². The molecule has 0 unspecified atom stereocenters. The minimum absolute atomic E-state index is 0.0823. The van der Waals surface area contributed by atoms with Gasteiger partial charge in [-0.3, -0.25) is 4.79 Å². The lowest BCUT2D eigenvalue weighted by Gasteiger charge is -1.89. The van der Waals surface area contributed by atoms with Crippen molar-refractivity contribution in [3.63, 3.8) is 0 Å². The molecule has 0 heterocycles. The number of carbonyl (C=O) groups is 1. The maximum Gasteiger partial charge on any atom is 0.166 e. The average Bonchev–Trinajstić information content (AvgIpc) is 2.16. The van der Waals surface area contributed by atoms with E-state index in [1.165, 1.54) is 0 Å². The number of allylic oxidation sites excluding steroid dienone is 1. The highest BCUT2D eigenvalue weighted by Crippen LogP contribution is 2.01. The van der Waals surface area contributed by atoms with Gasteiger partial charge in [0.15, 0.2) is 5.78 Å². The normalized spacial score (nSPS) is 10.4. The Morgan fingerprint density at radius 1 is 1.33 bits per heavy atom. The summed E-state index contributed by atoms with van der Waals surface area (Å²) >= 11 is 3.09. The second-order valence-electron chi connectivity index (χ2n) is 2.34. The Kier molecular flexibility index (Phi) is 3.74. The van der Waals surface area contributed by atoms with Gasteiger partial charge in [0.2, 0.25) is 0 Å². The van der Waals surface area contributed by atoms with Gasteiger partial charge in [0.05, 0.1) is 5.33 Å². The molecule has 0 aromatic heterocycles. The topological polar surface area (TPSA) is 17.1 Å². The molecule has 0 aliphatic carbocycles. The number of benzene rings is 1. The van der Waals surface area contributed by atoms with Gasteiger partial charge in [0, 0.05) is 0 Å². The Balaban J connectivity index is 2.64. The fraction of sp³-hybridized carbons (Fsp3) is 0.100. The van der Waals surface area contributed by atoms with E-state index in [9.17, 15) is 4.79 Å². The summed E-state index contributed by atoms with van der Waals surface area (Å²) in [5.74, 6) is 0.0823. The van der Waals surface area contributed by atoms with Crippen molar-refractivity contribution in [1.82, 2.24) is 0 Å². The maximum absolute atomic E-state index is 10.9. The SMILES string of the molecule is O=C(/C=C/c1ccccc1)CBr. The molecule has 12 heavy (non-hydrogen) atoms. The fourth-order valence-electron chi connectivity index (χ4n) is 0.798. The van der Waals surface area contributed by atoms with Gasteiger partial charge in [-0.2, -0.15) is 0 Å². The van der Waals surface area contributed by atoms with Crippen LogP contribution in [0.5, 0.6) is 0 Å². The molecule has 0 spiro atoms. The summed E-state index contributed by atoms with van der Waals surface area (Å²) in [5, 5.41) is 0.385. The molecule has 62 valence electrons. The second kappa shape index (κ2) is 4.88. The van der Waals surface area contributed by atoms with Gasteiger partial charge in [-0.05, 0) is 11.6 Å². The van der Waals surface area contributed by atoms with Gasteiger partial charge < -0.3 is 0 Å². The molecule has 1 nitrogen and oxygen atoms in total. The Bertz CT molecular complexity index is 277. The van der Waals surface area contributed by atoms with E-state index in [0.717, 1.165) is 5.56 Å². The zero-order chi connectivity index (χ0) is 8.81. The summed E-state index contributed by atoms with van der Waals surface area (Å²) in [5.41, 5.74) is 1.05. The summed E-state index contributed by atoms with van der Waals surface area (Å²) in [7, 11) is 0. The van der Waals surface area contributed by atoms with Gasteiger partial charge in [-0.25, -0.2) is 0 Å². The van der Waals surface area contributed by atoms with Crippen molar-refractivity contribution in [1.29, 1.82) is 0 Å². The number of carbonyl (C=O) groups excluding carboxylic acids is 1. The summed E-state index contributed by atoms with van der Waals surface area (Å²) in [6.07, 6.45) is 3.38. The van der Waals surface area contributed by atoms with Crippen LogP contribution in [0.25, 0.3) is 6.08 Å². The number of rotatable bonds is 3.